The minimum absolute atomic E-state index is 0.0496. The van der Waals surface area contributed by atoms with E-state index in [1.54, 1.807) is 23.7 Å². The van der Waals surface area contributed by atoms with Crippen LogP contribution in [-0.4, -0.2) is 16.8 Å². The highest BCUT2D eigenvalue weighted by Gasteiger charge is 2.32. The summed E-state index contributed by atoms with van der Waals surface area (Å²) in [7, 11) is 0. The third-order valence-electron chi connectivity index (χ3n) is 4.25. The van der Waals surface area contributed by atoms with Crippen molar-refractivity contribution >= 4 is 23.3 Å². The molecule has 1 aliphatic carbocycles. The third-order valence-corrected chi connectivity index (χ3v) is 5.35. The van der Waals surface area contributed by atoms with Gasteiger partial charge in [-0.3, -0.25) is 4.79 Å². The van der Waals surface area contributed by atoms with Gasteiger partial charge in [-0.15, -0.1) is 11.3 Å². The molecule has 0 N–H and O–H groups in total. The van der Waals surface area contributed by atoms with Gasteiger partial charge in [0.05, 0.1) is 12.8 Å². The van der Waals surface area contributed by atoms with Crippen LogP contribution in [0.1, 0.15) is 23.5 Å². The molecule has 4 rings (SSSR count). The highest BCUT2D eigenvalue weighted by molar-refractivity contribution is 7.16. The molecule has 126 valence electrons. The maximum absolute atomic E-state index is 12.6. The summed E-state index contributed by atoms with van der Waals surface area (Å²) < 4.78 is 5.39. The first-order chi connectivity index (χ1) is 12.3. The van der Waals surface area contributed by atoms with E-state index in [4.69, 9.17) is 4.42 Å². The molecule has 1 aromatic carbocycles. The van der Waals surface area contributed by atoms with Gasteiger partial charge in [0.1, 0.15) is 5.76 Å². The number of furan rings is 1. The van der Waals surface area contributed by atoms with Crippen LogP contribution in [0.2, 0.25) is 0 Å². The Labute approximate surface area is 151 Å². The molecule has 1 saturated carbocycles. The van der Waals surface area contributed by atoms with E-state index in [-0.39, 0.29) is 5.91 Å². The summed E-state index contributed by atoms with van der Waals surface area (Å²) in [5.74, 6) is 0.879. The summed E-state index contributed by atoms with van der Waals surface area (Å²) in [5.41, 5.74) is 1.20. The Kier molecular flexibility index (Phi) is 4.53. The molecule has 0 atom stereocenters. The number of hydrogen-bond donors (Lipinski definition) is 0. The predicted octanol–water partition coefficient (Wildman–Crippen LogP) is 5.21. The lowest BCUT2D eigenvalue weighted by molar-refractivity contribution is -0.127. The first-order valence-corrected chi connectivity index (χ1v) is 9.27. The number of nitrogens with zero attached hydrogens (tertiary/aromatic N) is 1. The molecular weight excluding hydrogens is 330 g/mol. The van der Waals surface area contributed by atoms with Crippen molar-refractivity contribution in [2.45, 2.75) is 25.4 Å². The minimum Gasteiger partial charge on any atom is -0.467 e. The van der Waals surface area contributed by atoms with Crippen LogP contribution in [0.3, 0.4) is 0 Å². The largest absolute Gasteiger partial charge is 0.467 e. The predicted molar refractivity (Wildman–Crippen MR) is 101 cm³/mol. The Balaban J connectivity index is 1.45. The fourth-order valence-electron chi connectivity index (χ4n) is 2.79. The van der Waals surface area contributed by atoms with Crippen molar-refractivity contribution in [1.29, 1.82) is 0 Å². The molecule has 1 amide bonds. The van der Waals surface area contributed by atoms with Gasteiger partial charge < -0.3 is 9.32 Å². The molecule has 1 fully saturated rings. The van der Waals surface area contributed by atoms with Crippen molar-refractivity contribution in [2.24, 2.45) is 0 Å². The number of carbonyl (C=O) groups excluding carboxylic acids is 1. The molecule has 0 saturated heterocycles. The Morgan fingerprint density at radius 3 is 2.68 bits per heavy atom. The van der Waals surface area contributed by atoms with Gasteiger partial charge in [0, 0.05) is 21.9 Å². The van der Waals surface area contributed by atoms with E-state index in [0.29, 0.717) is 12.6 Å². The van der Waals surface area contributed by atoms with Gasteiger partial charge in [-0.1, -0.05) is 30.3 Å². The van der Waals surface area contributed by atoms with Crippen LogP contribution in [-0.2, 0) is 11.3 Å². The van der Waals surface area contributed by atoms with Crippen molar-refractivity contribution in [3.8, 4) is 10.4 Å². The molecule has 3 nitrogen and oxygen atoms in total. The summed E-state index contributed by atoms with van der Waals surface area (Å²) in [6.45, 7) is 0.542. The lowest BCUT2D eigenvalue weighted by atomic mass is 10.2. The molecule has 0 spiro atoms. The summed E-state index contributed by atoms with van der Waals surface area (Å²) in [6, 6.07) is 18.6. The van der Waals surface area contributed by atoms with Gasteiger partial charge in [0.2, 0.25) is 5.91 Å². The van der Waals surface area contributed by atoms with Crippen LogP contribution in [0.15, 0.2) is 71.4 Å². The van der Waals surface area contributed by atoms with Crippen LogP contribution < -0.4 is 0 Å². The number of benzene rings is 1. The molecule has 0 aliphatic heterocycles. The zero-order valence-electron chi connectivity index (χ0n) is 13.8. The van der Waals surface area contributed by atoms with E-state index < -0.39 is 0 Å². The minimum atomic E-state index is 0.0496. The topological polar surface area (TPSA) is 33.5 Å². The highest BCUT2D eigenvalue weighted by atomic mass is 32.1. The fourth-order valence-corrected chi connectivity index (χ4v) is 3.71. The Bertz CT molecular complexity index is 860. The van der Waals surface area contributed by atoms with E-state index in [1.807, 2.05) is 41.3 Å². The maximum Gasteiger partial charge on any atom is 0.247 e. The summed E-state index contributed by atoms with van der Waals surface area (Å²) >= 11 is 1.69. The van der Waals surface area contributed by atoms with Crippen LogP contribution in [0, 0.1) is 0 Å². The molecule has 0 radical (unpaired) electrons. The average Bonchev–Trinajstić information content (AvgIpc) is 3.16. The lowest BCUT2D eigenvalue weighted by Gasteiger charge is -2.19. The van der Waals surface area contributed by atoms with Gasteiger partial charge in [0.25, 0.3) is 0 Å². The van der Waals surface area contributed by atoms with E-state index in [0.717, 1.165) is 23.5 Å². The normalized spacial score (nSPS) is 14.1. The standard InChI is InChI=1S/C21H19NO2S/c23-21(22(17-8-9-17)15-18-7-4-14-24-18)13-11-19-10-12-20(25-19)16-5-2-1-3-6-16/h1-7,10-14,17H,8-9,15H2. The molecule has 1 aliphatic rings. The molecule has 2 heterocycles. The number of amides is 1. The molecular formula is C21H19NO2S. The number of hydrogen-bond acceptors (Lipinski definition) is 3. The SMILES string of the molecule is O=C(C=Cc1ccc(-c2ccccc2)s1)N(Cc1ccco1)C1CC1. The zero-order valence-corrected chi connectivity index (χ0v) is 14.6. The molecule has 0 unspecified atom stereocenters. The van der Waals surface area contributed by atoms with Crippen molar-refractivity contribution in [1.82, 2.24) is 4.90 Å². The van der Waals surface area contributed by atoms with E-state index in [1.165, 1.54) is 10.4 Å². The van der Waals surface area contributed by atoms with Crippen molar-refractivity contribution < 1.29 is 9.21 Å². The van der Waals surface area contributed by atoms with Gasteiger partial charge in [0.15, 0.2) is 0 Å². The van der Waals surface area contributed by atoms with Crippen LogP contribution in [0.25, 0.3) is 16.5 Å². The first-order valence-electron chi connectivity index (χ1n) is 8.46. The molecule has 0 bridgehead atoms. The number of carbonyl (C=O) groups is 1. The fraction of sp³-hybridized carbons (Fsp3) is 0.190. The summed E-state index contributed by atoms with van der Waals surface area (Å²) in [5, 5.41) is 0. The van der Waals surface area contributed by atoms with Gasteiger partial charge >= 0.3 is 0 Å². The van der Waals surface area contributed by atoms with Crippen molar-refractivity contribution in [3.63, 3.8) is 0 Å². The molecule has 2 aromatic heterocycles. The van der Waals surface area contributed by atoms with E-state index in [9.17, 15) is 4.79 Å². The number of rotatable bonds is 6. The Morgan fingerprint density at radius 2 is 1.96 bits per heavy atom. The van der Waals surface area contributed by atoms with Gasteiger partial charge in [-0.25, -0.2) is 0 Å². The zero-order chi connectivity index (χ0) is 17.1. The average molecular weight is 349 g/mol. The van der Waals surface area contributed by atoms with Crippen molar-refractivity contribution in [2.75, 3.05) is 0 Å². The smallest absolute Gasteiger partial charge is 0.247 e. The highest BCUT2D eigenvalue weighted by Crippen LogP contribution is 2.30. The second-order valence-corrected chi connectivity index (χ2v) is 7.29. The Morgan fingerprint density at radius 1 is 1.12 bits per heavy atom. The maximum atomic E-state index is 12.6. The Hall–Kier alpha value is -2.59. The molecule has 25 heavy (non-hydrogen) atoms. The second kappa shape index (κ2) is 7.11. The summed E-state index contributed by atoms with van der Waals surface area (Å²) in [6.07, 6.45) is 7.41. The van der Waals surface area contributed by atoms with E-state index in [2.05, 4.69) is 24.3 Å². The summed E-state index contributed by atoms with van der Waals surface area (Å²) in [4.78, 5) is 16.8. The third kappa shape index (κ3) is 3.91. The monoisotopic (exact) mass is 349 g/mol. The van der Waals surface area contributed by atoms with E-state index >= 15 is 0 Å². The number of thiophene rings is 1. The lowest BCUT2D eigenvalue weighted by Crippen LogP contribution is -2.30. The van der Waals surface area contributed by atoms with Crippen molar-refractivity contribution in [3.05, 3.63) is 77.6 Å². The first kappa shape index (κ1) is 15.9. The van der Waals surface area contributed by atoms with Crippen LogP contribution in [0.4, 0.5) is 0 Å². The van der Waals surface area contributed by atoms with Gasteiger partial charge in [-0.05, 0) is 48.7 Å². The van der Waals surface area contributed by atoms with Crippen LogP contribution >= 0.6 is 11.3 Å². The van der Waals surface area contributed by atoms with Gasteiger partial charge in [-0.2, -0.15) is 0 Å². The van der Waals surface area contributed by atoms with Crippen LogP contribution in [0.5, 0.6) is 0 Å². The molecule has 4 heteroatoms. The molecule has 3 aromatic rings. The quantitative estimate of drug-likeness (QED) is 0.572. The second-order valence-electron chi connectivity index (χ2n) is 6.18.